The molecule has 0 aliphatic rings. The van der Waals surface area contributed by atoms with E-state index in [-0.39, 0.29) is 24.9 Å². The van der Waals surface area contributed by atoms with Gasteiger partial charge in [-0.1, -0.05) is 43.3 Å². The van der Waals surface area contributed by atoms with Crippen molar-refractivity contribution >= 4 is 17.1 Å². The van der Waals surface area contributed by atoms with E-state index in [0.717, 1.165) is 17.7 Å². The maximum atomic E-state index is 13.7. The van der Waals surface area contributed by atoms with Crippen molar-refractivity contribution in [3.63, 3.8) is 0 Å². The summed E-state index contributed by atoms with van der Waals surface area (Å²) in [5, 5.41) is 1.29. The summed E-state index contributed by atoms with van der Waals surface area (Å²) in [7, 11) is 0. The smallest absolute Gasteiger partial charge is 0.237 e. The highest BCUT2D eigenvalue weighted by Gasteiger charge is 2.22. The van der Waals surface area contributed by atoms with E-state index in [1.165, 1.54) is 11.1 Å². The van der Waals surface area contributed by atoms with Crippen LogP contribution in [0.25, 0.3) is 11.2 Å². The summed E-state index contributed by atoms with van der Waals surface area (Å²) in [6, 6.07) is 16.8. The van der Waals surface area contributed by atoms with Crippen molar-refractivity contribution in [2.45, 2.75) is 38.8 Å². The van der Waals surface area contributed by atoms with Crippen molar-refractivity contribution in [1.29, 1.82) is 0 Å². The van der Waals surface area contributed by atoms with Crippen LogP contribution in [0.5, 0.6) is 0 Å². The molecular weight excluding hydrogens is 424 g/mol. The topological polar surface area (TPSA) is 77.0 Å². The zero-order valence-electron chi connectivity index (χ0n) is 18.3. The van der Waals surface area contributed by atoms with Crippen LogP contribution >= 0.6 is 0 Å². The lowest BCUT2D eigenvalue weighted by molar-refractivity contribution is -0.134. The Morgan fingerprint density at radius 2 is 1.88 bits per heavy atom. The Morgan fingerprint density at radius 1 is 1.09 bits per heavy atom. The third-order valence-electron chi connectivity index (χ3n) is 5.66. The number of amides is 1. The number of benzene rings is 2. The summed E-state index contributed by atoms with van der Waals surface area (Å²) in [4.78, 5) is 21.9. The number of fused-ring (bicyclic) bond motifs is 1. The lowest BCUT2D eigenvalue weighted by Crippen LogP contribution is -2.40. The number of hydrazine groups is 1. The number of carbonyl (C=O) groups is 1. The Balaban J connectivity index is 1.55. The van der Waals surface area contributed by atoms with Crippen LogP contribution in [0.4, 0.5) is 8.78 Å². The number of carbonyl (C=O) groups excluding carboxylic acids is 1. The van der Waals surface area contributed by atoms with Gasteiger partial charge in [-0.15, -0.1) is 0 Å². The van der Waals surface area contributed by atoms with Crippen LogP contribution in [-0.2, 0) is 17.8 Å². The van der Waals surface area contributed by atoms with Gasteiger partial charge in [-0.05, 0) is 41.8 Å². The van der Waals surface area contributed by atoms with E-state index in [9.17, 15) is 13.6 Å². The Morgan fingerprint density at radius 3 is 2.61 bits per heavy atom. The monoisotopic (exact) mass is 449 g/mol. The molecule has 4 aromatic rings. The fourth-order valence-corrected chi connectivity index (χ4v) is 3.97. The highest BCUT2D eigenvalue weighted by Crippen LogP contribution is 2.23. The van der Waals surface area contributed by atoms with Gasteiger partial charge in [0.2, 0.25) is 5.91 Å². The van der Waals surface area contributed by atoms with Crippen molar-refractivity contribution in [2.24, 2.45) is 5.84 Å². The Labute approximate surface area is 190 Å². The molecule has 0 fully saturated rings. The summed E-state index contributed by atoms with van der Waals surface area (Å²) < 4.78 is 28.9. The van der Waals surface area contributed by atoms with E-state index in [2.05, 4.69) is 9.97 Å². The highest BCUT2D eigenvalue weighted by atomic mass is 19.2. The zero-order chi connectivity index (χ0) is 23.4. The third-order valence-corrected chi connectivity index (χ3v) is 5.66. The summed E-state index contributed by atoms with van der Waals surface area (Å²) in [5.74, 6) is 4.82. The fraction of sp³-hybridized carbons (Fsp3) is 0.240. The largest absolute Gasteiger partial charge is 0.308 e. The molecule has 2 N–H and O–H groups in total. The molecule has 0 bridgehead atoms. The molecule has 0 aliphatic carbocycles. The third kappa shape index (κ3) is 4.90. The van der Waals surface area contributed by atoms with Gasteiger partial charge in [-0.2, -0.15) is 0 Å². The molecule has 8 heteroatoms. The van der Waals surface area contributed by atoms with Crippen LogP contribution < -0.4 is 5.84 Å². The predicted molar refractivity (Wildman–Crippen MR) is 122 cm³/mol. The molecule has 33 heavy (non-hydrogen) atoms. The second-order valence-corrected chi connectivity index (χ2v) is 7.84. The molecule has 2 aromatic carbocycles. The van der Waals surface area contributed by atoms with E-state index < -0.39 is 11.6 Å². The number of nitrogens with two attached hydrogens (primary N) is 1. The number of imidazole rings is 1. The van der Waals surface area contributed by atoms with Gasteiger partial charge in [0, 0.05) is 19.0 Å². The summed E-state index contributed by atoms with van der Waals surface area (Å²) >= 11 is 0. The van der Waals surface area contributed by atoms with Crippen LogP contribution in [0.3, 0.4) is 0 Å². The van der Waals surface area contributed by atoms with E-state index in [1.807, 2.05) is 47.9 Å². The zero-order valence-corrected chi connectivity index (χ0v) is 18.3. The predicted octanol–water partition coefficient (Wildman–Crippen LogP) is 4.54. The normalized spacial score (nSPS) is 12.1. The van der Waals surface area contributed by atoms with Crippen LogP contribution in [-0.4, -0.2) is 25.5 Å². The van der Waals surface area contributed by atoms with Crippen molar-refractivity contribution in [1.82, 2.24) is 19.5 Å². The van der Waals surface area contributed by atoms with Gasteiger partial charge in [-0.3, -0.25) is 9.80 Å². The number of aromatic nitrogens is 3. The van der Waals surface area contributed by atoms with Gasteiger partial charge in [0.05, 0.1) is 12.6 Å². The Kier molecular flexibility index (Phi) is 6.74. The van der Waals surface area contributed by atoms with Gasteiger partial charge in [0.15, 0.2) is 17.3 Å². The van der Waals surface area contributed by atoms with Crippen molar-refractivity contribution in [3.8, 4) is 0 Å². The van der Waals surface area contributed by atoms with Crippen LogP contribution in [0.1, 0.15) is 42.8 Å². The van der Waals surface area contributed by atoms with E-state index in [1.54, 1.807) is 12.3 Å². The number of hydrogen-bond acceptors (Lipinski definition) is 4. The van der Waals surface area contributed by atoms with E-state index in [4.69, 9.17) is 5.84 Å². The van der Waals surface area contributed by atoms with Crippen molar-refractivity contribution in [2.75, 3.05) is 0 Å². The van der Waals surface area contributed by atoms with Gasteiger partial charge >= 0.3 is 0 Å². The first-order chi connectivity index (χ1) is 16.0. The lowest BCUT2D eigenvalue weighted by Gasteiger charge is -2.27. The Bertz CT molecular complexity index is 1260. The second-order valence-electron chi connectivity index (χ2n) is 7.84. The minimum atomic E-state index is -0.910. The molecule has 0 saturated heterocycles. The Hall–Kier alpha value is -3.65. The molecule has 0 saturated carbocycles. The molecule has 170 valence electrons. The number of hydrogen-bond donors (Lipinski definition) is 1. The summed E-state index contributed by atoms with van der Waals surface area (Å²) in [5.41, 5.74) is 2.83. The van der Waals surface area contributed by atoms with Crippen molar-refractivity contribution < 1.29 is 13.6 Å². The average Bonchev–Trinajstić information content (AvgIpc) is 3.18. The van der Waals surface area contributed by atoms with Gasteiger partial charge in [0.25, 0.3) is 0 Å². The summed E-state index contributed by atoms with van der Waals surface area (Å²) in [6.07, 6.45) is 2.82. The standard InChI is InChI=1S/C25H25F2N5O/c1-2-22(18-7-4-3-5-8-18)32(28)24(33)13-12-23-30-21-9-6-14-29-25(21)31(23)16-17-10-11-19(26)20(27)15-17/h3-11,14-15,22H,2,12-13,16,28H2,1H3/t22-/m0/s1. The molecule has 1 amide bonds. The quantitative estimate of drug-likeness (QED) is 0.243. The molecule has 1 atom stereocenters. The fourth-order valence-electron chi connectivity index (χ4n) is 3.97. The summed E-state index contributed by atoms with van der Waals surface area (Å²) in [6.45, 7) is 2.24. The number of halogens is 2. The first-order valence-electron chi connectivity index (χ1n) is 10.8. The maximum Gasteiger partial charge on any atom is 0.237 e. The molecule has 0 radical (unpaired) electrons. The molecule has 4 rings (SSSR count). The minimum absolute atomic E-state index is 0.154. The minimum Gasteiger partial charge on any atom is -0.308 e. The van der Waals surface area contributed by atoms with Gasteiger partial charge in [-0.25, -0.2) is 24.6 Å². The lowest BCUT2D eigenvalue weighted by atomic mass is 10.0. The second kappa shape index (κ2) is 9.87. The van der Waals surface area contributed by atoms with E-state index >= 15 is 0 Å². The number of pyridine rings is 1. The van der Waals surface area contributed by atoms with Gasteiger partial charge in [0.1, 0.15) is 11.3 Å². The average molecular weight is 450 g/mol. The molecule has 0 aliphatic heterocycles. The molecule has 0 unspecified atom stereocenters. The number of aryl methyl sites for hydroxylation is 1. The van der Waals surface area contributed by atoms with Gasteiger partial charge < -0.3 is 4.57 Å². The molecule has 2 aromatic heterocycles. The van der Waals surface area contributed by atoms with Crippen LogP contribution in [0, 0.1) is 11.6 Å². The van der Waals surface area contributed by atoms with Crippen LogP contribution in [0.2, 0.25) is 0 Å². The molecule has 0 spiro atoms. The van der Waals surface area contributed by atoms with E-state index in [0.29, 0.717) is 35.4 Å². The van der Waals surface area contributed by atoms with Crippen molar-refractivity contribution in [3.05, 3.63) is 95.4 Å². The first-order valence-corrected chi connectivity index (χ1v) is 10.8. The SMILES string of the molecule is CC[C@@H](c1ccccc1)N(N)C(=O)CCc1nc2cccnc2n1Cc1ccc(F)c(F)c1. The highest BCUT2D eigenvalue weighted by molar-refractivity contribution is 5.77. The molecule has 6 nitrogen and oxygen atoms in total. The van der Waals surface area contributed by atoms with Crippen LogP contribution in [0.15, 0.2) is 66.9 Å². The number of rotatable bonds is 8. The molecule has 2 heterocycles. The molecular formula is C25H25F2N5O. The maximum absolute atomic E-state index is 13.7. The first kappa shape index (κ1) is 22.5. The number of nitrogens with zero attached hydrogens (tertiary/aromatic N) is 4.